The Bertz CT molecular complexity index is 261. The molecule has 0 spiro atoms. The van der Waals surface area contributed by atoms with Crippen molar-refractivity contribution in [3.05, 3.63) is 11.8 Å². The van der Waals surface area contributed by atoms with Crippen molar-refractivity contribution in [2.75, 3.05) is 0 Å². The number of allylic oxidation sites excluding steroid dienone is 2. The number of nitriles is 1. The van der Waals surface area contributed by atoms with Gasteiger partial charge in [-0.1, -0.05) is 0 Å². The molecule has 4 nitrogen and oxygen atoms in total. The maximum Gasteiger partial charge on any atom is 0.231 e. The lowest BCUT2D eigenvalue weighted by molar-refractivity contribution is -0.126. The average molecular weight is 166 g/mol. The molecular weight excluding hydrogens is 156 g/mol. The summed E-state index contributed by atoms with van der Waals surface area (Å²) in [5.74, 6) is -0.580. The van der Waals surface area contributed by atoms with Crippen LogP contribution in [0, 0.1) is 11.3 Å². The van der Waals surface area contributed by atoms with Crippen molar-refractivity contribution in [1.29, 1.82) is 5.26 Å². The van der Waals surface area contributed by atoms with E-state index in [0.717, 1.165) is 0 Å². The largest absolute Gasteiger partial charge is 0.329 e. The van der Waals surface area contributed by atoms with E-state index in [9.17, 15) is 9.59 Å². The fraction of sp³-hybridized carbons (Fsp3) is 0.375. The SMILES string of the molecule is CC(=O)CC(=O)N/C(C)=C/C#N. The van der Waals surface area contributed by atoms with E-state index < -0.39 is 0 Å². The van der Waals surface area contributed by atoms with Gasteiger partial charge in [0.15, 0.2) is 0 Å². The number of carbonyl (C=O) groups excluding carboxylic acids is 2. The summed E-state index contributed by atoms with van der Waals surface area (Å²) in [6, 6.07) is 1.76. The number of nitrogens with one attached hydrogen (secondary N) is 1. The Hall–Kier alpha value is -1.63. The third-order valence-electron chi connectivity index (χ3n) is 1.03. The molecule has 0 bridgehead atoms. The topological polar surface area (TPSA) is 70.0 Å². The fourth-order valence-corrected chi connectivity index (χ4v) is 0.623. The van der Waals surface area contributed by atoms with Gasteiger partial charge in [0.25, 0.3) is 0 Å². The highest BCUT2D eigenvalue weighted by atomic mass is 16.2. The summed E-state index contributed by atoms with van der Waals surface area (Å²) in [5, 5.41) is 10.6. The second kappa shape index (κ2) is 5.08. The number of hydrogen-bond donors (Lipinski definition) is 1. The van der Waals surface area contributed by atoms with Gasteiger partial charge in [-0.15, -0.1) is 0 Å². The number of nitrogens with zero attached hydrogens (tertiary/aromatic N) is 1. The quantitative estimate of drug-likeness (QED) is 0.490. The number of ketones is 1. The third kappa shape index (κ3) is 5.18. The van der Waals surface area contributed by atoms with Gasteiger partial charge in [0.1, 0.15) is 5.78 Å². The van der Waals surface area contributed by atoms with Crippen molar-refractivity contribution in [2.45, 2.75) is 20.3 Å². The van der Waals surface area contributed by atoms with Crippen LogP contribution >= 0.6 is 0 Å². The molecular formula is C8H10N2O2. The predicted molar refractivity (Wildman–Crippen MR) is 42.8 cm³/mol. The zero-order valence-electron chi connectivity index (χ0n) is 7.05. The molecule has 0 radical (unpaired) electrons. The Morgan fingerprint density at radius 3 is 2.50 bits per heavy atom. The molecule has 0 aromatic heterocycles. The first kappa shape index (κ1) is 10.4. The van der Waals surface area contributed by atoms with Crippen LogP contribution in [0.1, 0.15) is 20.3 Å². The van der Waals surface area contributed by atoms with Crippen LogP contribution in [0.4, 0.5) is 0 Å². The van der Waals surface area contributed by atoms with Crippen molar-refractivity contribution in [1.82, 2.24) is 5.32 Å². The van der Waals surface area contributed by atoms with E-state index in [2.05, 4.69) is 5.32 Å². The fourth-order valence-electron chi connectivity index (χ4n) is 0.623. The van der Waals surface area contributed by atoms with E-state index in [1.165, 1.54) is 13.0 Å². The molecule has 0 unspecified atom stereocenters. The van der Waals surface area contributed by atoms with E-state index in [-0.39, 0.29) is 18.1 Å². The average Bonchev–Trinajstić information content (AvgIpc) is 1.84. The maximum atomic E-state index is 10.9. The zero-order chi connectivity index (χ0) is 9.56. The highest BCUT2D eigenvalue weighted by molar-refractivity contribution is 5.97. The summed E-state index contributed by atoms with van der Waals surface area (Å²) in [6.07, 6.45) is 1.06. The van der Waals surface area contributed by atoms with Crippen molar-refractivity contribution >= 4 is 11.7 Å². The van der Waals surface area contributed by atoms with Gasteiger partial charge in [-0.3, -0.25) is 9.59 Å². The maximum absolute atomic E-state index is 10.9. The van der Waals surface area contributed by atoms with E-state index in [4.69, 9.17) is 5.26 Å². The molecule has 1 N–H and O–H groups in total. The van der Waals surface area contributed by atoms with E-state index >= 15 is 0 Å². The highest BCUT2D eigenvalue weighted by Crippen LogP contribution is 1.88. The molecule has 0 aromatic rings. The molecule has 4 heteroatoms. The van der Waals surface area contributed by atoms with Gasteiger partial charge in [0.2, 0.25) is 5.91 Å². The lowest BCUT2D eigenvalue weighted by Crippen LogP contribution is -2.23. The Balaban J connectivity index is 3.95. The minimum absolute atomic E-state index is 0.142. The van der Waals surface area contributed by atoms with E-state index in [1.807, 2.05) is 0 Å². The van der Waals surface area contributed by atoms with Gasteiger partial charge in [-0.2, -0.15) is 5.26 Å². The predicted octanol–water partition coefficient (Wildman–Crippen LogP) is 0.509. The van der Waals surface area contributed by atoms with Crippen LogP contribution in [-0.2, 0) is 9.59 Å². The Morgan fingerprint density at radius 1 is 1.50 bits per heavy atom. The van der Waals surface area contributed by atoms with Crippen molar-refractivity contribution < 1.29 is 9.59 Å². The van der Waals surface area contributed by atoms with Crippen LogP contribution in [0.5, 0.6) is 0 Å². The van der Waals surface area contributed by atoms with Gasteiger partial charge >= 0.3 is 0 Å². The lowest BCUT2D eigenvalue weighted by Gasteiger charge is -2.00. The van der Waals surface area contributed by atoms with Crippen LogP contribution in [0.3, 0.4) is 0 Å². The first-order valence-electron chi connectivity index (χ1n) is 3.42. The minimum atomic E-state index is -0.383. The number of rotatable bonds is 3. The molecule has 0 rings (SSSR count). The monoisotopic (exact) mass is 166 g/mol. The molecule has 0 saturated carbocycles. The number of amides is 1. The first-order valence-corrected chi connectivity index (χ1v) is 3.42. The summed E-state index contributed by atoms with van der Waals surface area (Å²) in [5.41, 5.74) is 0.448. The van der Waals surface area contributed by atoms with E-state index in [1.54, 1.807) is 13.0 Å². The van der Waals surface area contributed by atoms with Gasteiger partial charge < -0.3 is 5.32 Å². The second-order valence-electron chi connectivity index (χ2n) is 2.38. The molecule has 64 valence electrons. The van der Waals surface area contributed by atoms with Gasteiger partial charge in [0, 0.05) is 11.8 Å². The molecule has 0 atom stereocenters. The number of hydrogen-bond acceptors (Lipinski definition) is 3. The first-order chi connectivity index (χ1) is 5.56. The van der Waals surface area contributed by atoms with Gasteiger partial charge in [-0.05, 0) is 13.8 Å². The highest BCUT2D eigenvalue weighted by Gasteiger charge is 2.03. The van der Waals surface area contributed by atoms with Crippen LogP contribution < -0.4 is 5.32 Å². The molecule has 0 aliphatic carbocycles. The summed E-state index contributed by atoms with van der Waals surface area (Å²) < 4.78 is 0. The third-order valence-corrected chi connectivity index (χ3v) is 1.03. The Labute approximate surface area is 70.9 Å². The smallest absolute Gasteiger partial charge is 0.231 e. The summed E-state index contributed by atoms with van der Waals surface area (Å²) >= 11 is 0. The Morgan fingerprint density at radius 2 is 2.08 bits per heavy atom. The molecule has 0 aliphatic heterocycles. The van der Waals surface area contributed by atoms with Crippen LogP contribution in [0.15, 0.2) is 11.8 Å². The van der Waals surface area contributed by atoms with Gasteiger partial charge in [0.05, 0.1) is 12.5 Å². The van der Waals surface area contributed by atoms with Crippen LogP contribution in [0.2, 0.25) is 0 Å². The van der Waals surface area contributed by atoms with Gasteiger partial charge in [-0.25, -0.2) is 0 Å². The summed E-state index contributed by atoms with van der Waals surface area (Å²) in [6.45, 7) is 2.92. The molecule has 0 fully saturated rings. The molecule has 0 aromatic carbocycles. The van der Waals surface area contributed by atoms with Crippen molar-refractivity contribution in [2.24, 2.45) is 0 Å². The Kier molecular flexibility index (Phi) is 4.39. The van der Waals surface area contributed by atoms with E-state index in [0.29, 0.717) is 5.70 Å². The molecule has 1 amide bonds. The molecule has 0 heterocycles. The number of Topliss-reactive ketones (excluding diaryl/α,β-unsaturated/α-hetero) is 1. The van der Waals surface area contributed by atoms with Crippen molar-refractivity contribution in [3.63, 3.8) is 0 Å². The molecule has 0 aliphatic rings. The standard InChI is InChI=1S/C8H10N2O2/c1-6(3-4-9)10-8(12)5-7(2)11/h3H,5H2,1-2H3,(H,10,12)/b6-3+. The van der Waals surface area contributed by atoms with Crippen LogP contribution in [0.25, 0.3) is 0 Å². The lowest BCUT2D eigenvalue weighted by atomic mass is 10.3. The van der Waals surface area contributed by atoms with Crippen molar-refractivity contribution in [3.8, 4) is 6.07 Å². The molecule has 12 heavy (non-hydrogen) atoms. The minimum Gasteiger partial charge on any atom is -0.329 e. The van der Waals surface area contributed by atoms with Crippen LogP contribution in [-0.4, -0.2) is 11.7 Å². The molecule has 0 saturated heterocycles. The zero-order valence-corrected chi connectivity index (χ0v) is 7.05. The second-order valence-corrected chi connectivity index (χ2v) is 2.38. The summed E-state index contributed by atoms with van der Waals surface area (Å²) in [7, 11) is 0. The normalized spacial score (nSPS) is 10.2. The number of carbonyl (C=O) groups is 2. The summed E-state index contributed by atoms with van der Waals surface area (Å²) in [4.78, 5) is 21.3.